The molecule has 0 aliphatic heterocycles. The van der Waals surface area contributed by atoms with E-state index in [0.29, 0.717) is 20.7 Å². The van der Waals surface area contributed by atoms with Gasteiger partial charge in [-0.05, 0) is 13.8 Å². The van der Waals surface area contributed by atoms with E-state index in [-0.39, 0.29) is 21.2 Å². The van der Waals surface area contributed by atoms with Gasteiger partial charge in [0.05, 0.1) is 48.7 Å². The Labute approximate surface area is 186 Å². The monoisotopic (exact) mass is 496 g/mol. The lowest BCUT2D eigenvalue weighted by molar-refractivity contribution is 0.768. The quantitative estimate of drug-likeness (QED) is 0.496. The molecule has 0 atom stereocenters. The zero-order valence-corrected chi connectivity index (χ0v) is 22.2. The first-order valence-electron chi connectivity index (χ1n) is 8.76. The summed E-state index contributed by atoms with van der Waals surface area (Å²) >= 11 is 25.9. The predicted octanol–water partition coefficient (Wildman–Crippen LogP) is 5.86. The second-order valence-corrected chi connectivity index (χ2v) is 21.1. The average Bonchev–Trinajstić information content (AvgIpc) is 2.96. The molecular weight excluding hydrogens is 474 g/mol. The van der Waals surface area contributed by atoms with Gasteiger partial charge in [-0.2, -0.15) is 4.52 Å². The van der Waals surface area contributed by atoms with E-state index in [0.717, 1.165) is 4.52 Å². The first-order valence-corrected chi connectivity index (χ1v) is 17.3. The van der Waals surface area contributed by atoms with Gasteiger partial charge in [-0.1, -0.05) is 85.7 Å². The number of rotatable bonds is 4. The van der Waals surface area contributed by atoms with E-state index in [2.05, 4.69) is 0 Å². The predicted molar refractivity (Wildman–Crippen MR) is 128 cm³/mol. The van der Waals surface area contributed by atoms with Crippen molar-refractivity contribution in [1.29, 1.82) is 0 Å². The van der Waals surface area contributed by atoms with Crippen LogP contribution in [-0.2, 0) is 0 Å². The number of nitrogens with zero attached hydrogens (tertiary/aromatic N) is 2. The van der Waals surface area contributed by atoms with Gasteiger partial charge >= 0.3 is 0 Å². The molecule has 2 heterocycles. The van der Waals surface area contributed by atoms with Crippen molar-refractivity contribution in [2.75, 3.05) is 0 Å². The van der Waals surface area contributed by atoms with Crippen molar-refractivity contribution in [3.63, 3.8) is 0 Å². The minimum absolute atomic E-state index is 0.210. The third kappa shape index (κ3) is 3.79. The van der Waals surface area contributed by atoms with E-state index >= 15 is 0 Å². The molecule has 2 rings (SSSR count). The highest BCUT2D eigenvalue weighted by atomic mass is 35.5. The van der Waals surface area contributed by atoms with Gasteiger partial charge in [-0.3, -0.25) is 14.1 Å². The highest BCUT2D eigenvalue weighted by Gasteiger charge is 2.31. The topological polar surface area (TPSA) is 43.0 Å². The summed E-state index contributed by atoms with van der Waals surface area (Å²) in [6.45, 7) is 15.7. The summed E-state index contributed by atoms with van der Waals surface area (Å²) in [7, 11) is -3.87. The molecule has 0 bridgehead atoms. The van der Waals surface area contributed by atoms with Crippen LogP contribution in [-0.4, -0.2) is 25.2 Å². The van der Waals surface area contributed by atoms with Crippen molar-refractivity contribution in [2.45, 2.75) is 53.1 Å². The first-order chi connectivity index (χ1) is 12.5. The molecule has 0 saturated carbocycles. The number of hydrogen-bond donors (Lipinski definition) is 0. The van der Waals surface area contributed by atoms with Gasteiger partial charge in [0.1, 0.15) is 0 Å². The van der Waals surface area contributed by atoms with Gasteiger partial charge in [-0.15, -0.1) is 0 Å². The molecule has 0 aliphatic carbocycles. The van der Waals surface area contributed by atoms with Crippen molar-refractivity contribution >= 4 is 72.6 Å². The molecule has 2 aromatic heterocycles. The van der Waals surface area contributed by atoms with Crippen molar-refractivity contribution in [2.24, 2.45) is 0 Å². The summed E-state index contributed by atoms with van der Waals surface area (Å²) in [5.74, 6) is 0. The lowest BCUT2D eigenvalue weighted by atomic mass is 10.2. The molecule has 0 aromatic carbocycles. The SMILES string of the molecule is Cc1c(/C(Cl)=C(\Cl)[Si](C)(C)C)c(=O)n2c(=O)c(/C(Cl)=C(\Cl)[Si](C)(C)C)c(C)n12. The number of aryl methyl sites for hydroxylation is 2. The number of halogens is 4. The fourth-order valence-corrected chi connectivity index (χ4v) is 6.83. The lowest BCUT2D eigenvalue weighted by Gasteiger charge is -2.16. The van der Waals surface area contributed by atoms with Crippen LogP contribution in [0.1, 0.15) is 22.5 Å². The number of hydrogen-bond acceptors (Lipinski definition) is 2. The van der Waals surface area contributed by atoms with Gasteiger partial charge in [0, 0.05) is 9.31 Å². The fraction of sp³-hybridized carbons (Fsp3) is 0.444. The molecule has 28 heavy (non-hydrogen) atoms. The molecule has 0 N–H and O–H groups in total. The largest absolute Gasteiger partial charge is 0.283 e. The van der Waals surface area contributed by atoms with E-state index in [1.54, 1.807) is 18.4 Å². The highest BCUT2D eigenvalue weighted by Crippen LogP contribution is 2.34. The normalized spacial score (nSPS) is 15.1. The van der Waals surface area contributed by atoms with Crippen LogP contribution in [0.4, 0.5) is 0 Å². The Balaban J connectivity index is 2.95. The standard InChI is InChI=1S/C18H24Cl4N2O2Si2/c1-9-11(13(19)15(21)27(3,4)5)17(25)24-18(26)12(10(2)23(9)24)14(20)16(22)28(6,7)8/h1-8H3/b15-13-,16-14-. The Morgan fingerprint density at radius 3 is 1.14 bits per heavy atom. The molecule has 2 aromatic rings. The maximum absolute atomic E-state index is 13.1. The van der Waals surface area contributed by atoms with Crippen molar-refractivity contribution in [3.8, 4) is 0 Å². The summed E-state index contributed by atoms with van der Waals surface area (Å²) in [5, 5.41) is 0.420. The summed E-state index contributed by atoms with van der Waals surface area (Å²) in [6, 6.07) is 0. The molecule has 0 fully saturated rings. The molecule has 0 aliphatic rings. The molecule has 0 unspecified atom stereocenters. The Bertz CT molecular complexity index is 1050. The van der Waals surface area contributed by atoms with Crippen LogP contribution in [0, 0.1) is 13.8 Å². The van der Waals surface area contributed by atoms with Crippen molar-refractivity contribution in [3.05, 3.63) is 52.5 Å². The van der Waals surface area contributed by atoms with Crippen LogP contribution in [0.2, 0.25) is 39.3 Å². The van der Waals surface area contributed by atoms with E-state index in [1.165, 1.54) is 0 Å². The van der Waals surface area contributed by atoms with Gasteiger partial charge in [-0.25, -0.2) is 0 Å². The zero-order valence-electron chi connectivity index (χ0n) is 17.2. The van der Waals surface area contributed by atoms with Crippen LogP contribution < -0.4 is 11.1 Å². The summed E-state index contributed by atoms with van der Waals surface area (Å²) in [5.41, 5.74) is 0.565. The van der Waals surface area contributed by atoms with Crippen LogP contribution in [0.5, 0.6) is 0 Å². The van der Waals surface area contributed by atoms with Gasteiger partial charge in [0.2, 0.25) is 0 Å². The maximum Gasteiger partial charge on any atom is 0.283 e. The third-order valence-corrected chi connectivity index (χ3v) is 12.7. The number of fused-ring (bicyclic) bond motifs is 1. The Morgan fingerprint density at radius 2 is 0.929 bits per heavy atom. The smallest absolute Gasteiger partial charge is 0.267 e. The van der Waals surface area contributed by atoms with Crippen molar-refractivity contribution in [1.82, 2.24) is 9.03 Å². The second-order valence-electron chi connectivity index (χ2n) is 8.91. The van der Waals surface area contributed by atoms with Crippen LogP contribution in [0.15, 0.2) is 18.9 Å². The third-order valence-electron chi connectivity index (χ3n) is 4.51. The van der Waals surface area contributed by atoms with Crippen LogP contribution >= 0.6 is 46.4 Å². The Kier molecular flexibility index (Phi) is 6.48. The molecular formula is C18H24Cl4N2O2Si2. The number of aromatic nitrogens is 2. The van der Waals surface area contributed by atoms with Gasteiger partial charge in [0.25, 0.3) is 11.1 Å². The minimum atomic E-state index is -1.94. The summed E-state index contributed by atoms with van der Waals surface area (Å²) < 4.78 is 3.59. The molecule has 154 valence electrons. The molecule has 4 nitrogen and oxygen atoms in total. The van der Waals surface area contributed by atoms with Crippen molar-refractivity contribution < 1.29 is 0 Å². The molecule has 0 spiro atoms. The maximum atomic E-state index is 13.1. The molecule has 0 radical (unpaired) electrons. The van der Waals surface area contributed by atoms with E-state index in [9.17, 15) is 9.59 Å². The summed E-state index contributed by atoms with van der Waals surface area (Å²) in [6.07, 6.45) is 0. The van der Waals surface area contributed by atoms with Gasteiger partial charge < -0.3 is 0 Å². The van der Waals surface area contributed by atoms with E-state index in [1.807, 2.05) is 39.3 Å². The molecule has 0 saturated heterocycles. The van der Waals surface area contributed by atoms with E-state index < -0.39 is 27.3 Å². The Morgan fingerprint density at radius 1 is 0.643 bits per heavy atom. The highest BCUT2D eigenvalue weighted by molar-refractivity contribution is 6.94. The minimum Gasteiger partial charge on any atom is -0.267 e. The Hall–Kier alpha value is -0.506. The summed E-state index contributed by atoms with van der Waals surface area (Å²) in [4.78, 5) is 26.2. The van der Waals surface area contributed by atoms with E-state index in [4.69, 9.17) is 46.4 Å². The van der Waals surface area contributed by atoms with Crippen LogP contribution in [0.25, 0.3) is 10.1 Å². The van der Waals surface area contributed by atoms with Gasteiger partial charge in [0.15, 0.2) is 0 Å². The molecule has 10 heteroatoms. The molecule has 0 amide bonds. The zero-order chi connectivity index (χ0) is 21.9. The fourth-order valence-electron chi connectivity index (χ4n) is 2.94. The lowest BCUT2D eigenvalue weighted by Crippen LogP contribution is -2.26. The average molecular weight is 498 g/mol. The first kappa shape index (κ1) is 23.8. The second kappa shape index (κ2) is 7.63. The van der Waals surface area contributed by atoms with Crippen LogP contribution in [0.3, 0.4) is 0 Å².